The molecule has 2 atom stereocenters. The summed E-state index contributed by atoms with van der Waals surface area (Å²) in [7, 11) is -1.05. The first-order valence-electron chi connectivity index (χ1n) is 14.5. The van der Waals surface area contributed by atoms with E-state index in [9.17, 15) is 23.3 Å². The number of hydrogen-bond donors (Lipinski definition) is 5. The van der Waals surface area contributed by atoms with E-state index < -0.39 is 31.7 Å². The van der Waals surface area contributed by atoms with E-state index in [1.54, 1.807) is 24.3 Å². The second-order valence-corrected chi connectivity index (χ2v) is 11.7. The molecular weight excluding hydrogens is 618 g/mol. The van der Waals surface area contributed by atoms with Crippen LogP contribution in [0.5, 0.6) is 5.75 Å². The summed E-state index contributed by atoms with van der Waals surface area (Å²) >= 11 is 0. The highest BCUT2D eigenvalue weighted by atomic mass is 31.2. The summed E-state index contributed by atoms with van der Waals surface area (Å²) in [6.07, 6.45) is -0.893. The Kier molecular flexibility index (Phi) is 13.5. The van der Waals surface area contributed by atoms with E-state index in [0.717, 1.165) is 17.8 Å². The minimum Gasteiger partial charge on any atom is -0.404 e. The van der Waals surface area contributed by atoms with Crippen molar-refractivity contribution in [3.8, 4) is 5.75 Å². The van der Waals surface area contributed by atoms with Crippen molar-refractivity contribution >= 4 is 42.5 Å². The number of halogens is 1. The predicted octanol–water partition coefficient (Wildman–Crippen LogP) is 4.65. The van der Waals surface area contributed by atoms with E-state index >= 15 is 0 Å². The summed E-state index contributed by atoms with van der Waals surface area (Å²) in [6.45, 7) is 0.207. The number of phosphoric ester groups is 1. The van der Waals surface area contributed by atoms with Crippen molar-refractivity contribution in [2.45, 2.75) is 37.9 Å². The molecule has 13 nitrogen and oxygen atoms in total. The largest absolute Gasteiger partial charge is 0.524 e. The summed E-state index contributed by atoms with van der Waals surface area (Å²) < 4.78 is 30.3. The molecule has 3 aromatic carbocycles. The third-order valence-electron chi connectivity index (χ3n) is 6.73. The fraction of sp³-hybridized carbons (Fsp3) is 0.323. The molecule has 246 valence electrons. The summed E-state index contributed by atoms with van der Waals surface area (Å²) in [5.74, 6) is -2.13. The number of unbranched alkanes of at least 4 members (excludes halogenated alkanes) is 1. The van der Waals surface area contributed by atoms with Gasteiger partial charge >= 0.3 is 7.82 Å². The third-order valence-corrected chi connectivity index (χ3v) is 7.16. The first-order valence-corrected chi connectivity index (χ1v) is 16.0. The van der Waals surface area contributed by atoms with Gasteiger partial charge in [-0.1, -0.05) is 18.2 Å². The number of carbonyl (C=O) groups is 3. The maximum Gasteiger partial charge on any atom is 0.524 e. The van der Waals surface area contributed by atoms with E-state index in [4.69, 9.17) is 15.5 Å². The van der Waals surface area contributed by atoms with Crippen LogP contribution < -0.4 is 25.8 Å². The van der Waals surface area contributed by atoms with Crippen LogP contribution in [-0.4, -0.2) is 60.6 Å². The number of alkyl halides is 1. The van der Waals surface area contributed by atoms with Crippen molar-refractivity contribution in [1.82, 2.24) is 10.6 Å². The molecule has 0 aliphatic rings. The molecule has 0 radical (unpaired) electrons. The van der Waals surface area contributed by atoms with Gasteiger partial charge < -0.3 is 25.8 Å². The van der Waals surface area contributed by atoms with Gasteiger partial charge in [0, 0.05) is 50.4 Å². The predicted molar refractivity (Wildman–Crippen MR) is 171 cm³/mol. The molecular formula is C31H38FN6O7P. The fourth-order valence-corrected chi connectivity index (χ4v) is 4.62. The number of nitrogens with two attached hydrogens (primary N) is 1. The lowest BCUT2D eigenvalue weighted by atomic mass is 10.0. The van der Waals surface area contributed by atoms with Gasteiger partial charge in [-0.3, -0.25) is 24.2 Å². The van der Waals surface area contributed by atoms with Crippen molar-refractivity contribution in [2.75, 3.05) is 32.1 Å². The molecule has 0 bridgehead atoms. The standard InChI is InChI=1S/C31H38FN6O7P/c1-38(2)24-16-14-23(15-17-24)37-36-22-12-10-21(11-13-22)30(40)34-19-6-5-8-26(33)27(39)18-20-35-31(41)29(32)25-7-3-4-9-28(25)45-46(42,43)44/h3-4,7,9-17,26,29H,5-6,8,18-20,33H2,1-2H3,(H,34,40)(H,35,41)(H2,42,43,44). The van der Waals surface area contributed by atoms with E-state index in [-0.39, 0.29) is 30.2 Å². The highest BCUT2D eigenvalue weighted by Gasteiger charge is 2.27. The SMILES string of the molecule is CN(C)c1ccc(N=Nc2ccc(C(=O)NCCCCC(N)C(=O)CCNC(=O)C(F)c3ccccc3OP(=O)(O)O)cc2)cc1. The summed E-state index contributed by atoms with van der Waals surface area (Å²) in [5, 5.41) is 13.5. The van der Waals surface area contributed by atoms with Crippen LogP contribution >= 0.6 is 7.82 Å². The number of anilines is 1. The number of carbonyl (C=O) groups excluding carboxylic acids is 3. The first-order chi connectivity index (χ1) is 21.8. The molecule has 0 aliphatic carbocycles. The van der Waals surface area contributed by atoms with E-state index in [1.165, 1.54) is 12.1 Å². The number of para-hydroxylation sites is 1. The van der Waals surface area contributed by atoms with Gasteiger partial charge in [-0.15, -0.1) is 0 Å². The van der Waals surface area contributed by atoms with Gasteiger partial charge in [-0.05, 0) is 73.9 Å². The zero-order valence-electron chi connectivity index (χ0n) is 25.5. The van der Waals surface area contributed by atoms with Crippen molar-refractivity contribution in [3.05, 3.63) is 83.9 Å². The molecule has 0 aliphatic heterocycles. The number of amides is 2. The molecule has 0 spiro atoms. The van der Waals surface area contributed by atoms with Crippen LogP contribution in [0.25, 0.3) is 0 Å². The van der Waals surface area contributed by atoms with Crippen LogP contribution in [0.1, 0.15) is 47.8 Å². The van der Waals surface area contributed by atoms with Crippen molar-refractivity contribution < 1.29 is 37.6 Å². The molecule has 3 rings (SSSR count). The second kappa shape index (κ2) is 17.3. The zero-order chi connectivity index (χ0) is 33.7. The van der Waals surface area contributed by atoms with Gasteiger partial charge in [0.1, 0.15) is 5.75 Å². The molecule has 0 saturated heterocycles. The Morgan fingerprint density at radius 3 is 2.13 bits per heavy atom. The molecule has 2 unspecified atom stereocenters. The molecule has 15 heteroatoms. The lowest BCUT2D eigenvalue weighted by Gasteiger charge is -2.15. The Morgan fingerprint density at radius 2 is 1.52 bits per heavy atom. The maximum absolute atomic E-state index is 14.7. The van der Waals surface area contributed by atoms with Gasteiger partial charge in [0.15, 0.2) is 5.78 Å². The van der Waals surface area contributed by atoms with Crippen LogP contribution in [0.3, 0.4) is 0 Å². The number of azo groups is 1. The zero-order valence-corrected chi connectivity index (χ0v) is 26.4. The van der Waals surface area contributed by atoms with Gasteiger partial charge in [0.2, 0.25) is 6.17 Å². The van der Waals surface area contributed by atoms with Crippen molar-refractivity contribution in [2.24, 2.45) is 16.0 Å². The van der Waals surface area contributed by atoms with Crippen LogP contribution in [0.4, 0.5) is 21.5 Å². The number of nitrogens with zero attached hydrogens (tertiary/aromatic N) is 3. The summed E-state index contributed by atoms with van der Waals surface area (Å²) in [6, 6.07) is 18.6. The second-order valence-electron chi connectivity index (χ2n) is 10.5. The molecule has 0 saturated carbocycles. The number of phosphoric acid groups is 1. The molecule has 46 heavy (non-hydrogen) atoms. The van der Waals surface area contributed by atoms with Crippen molar-refractivity contribution in [1.29, 1.82) is 0 Å². The Hall–Kier alpha value is -4.49. The average Bonchev–Trinajstić information content (AvgIpc) is 3.02. The van der Waals surface area contributed by atoms with E-state index in [2.05, 4.69) is 25.4 Å². The van der Waals surface area contributed by atoms with E-state index in [0.29, 0.717) is 42.7 Å². The minimum absolute atomic E-state index is 0.130. The number of Topliss-reactive ketones (excluding diaryl/α,β-unsaturated/α-hetero) is 1. The fourth-order valence-electron chi connectivity index (χ4n) is 4.19. The summed E-state index contributed by atoms with van der Waals surface area (Å²) in [4.78, 5) is 57.0. The van der Waals surface area contributed by atoms with Crippen LogP contribution in [-0.2, 0) is 14.2 Å². The van der Waals surface area contributed by atoms with Crippen LogP contribution in [0.15, 0.2) is 83.0 Å². The number of rotatable bonds is 17. The van der Waals surface area contributed by atoms with Crippen LogP contribution in [0.2, 0.25) is 0 Å². The summed E-state index contributed by atoms with van der Waals surface area (Å²) in [5.41, 5.74) is 8.44. The molecule has 2 amide bonds. The minimum atomic E-state index is -4.96. The Bertz CT molecular complexity index is 1550. The first kappa shape index (κ1) is 36.0. The topological polar surface area (TPSA) is 196 Å². The highest BCUT2D eigenvalue weighted by molar-refractivity contribution is 7.46. The Balaban J connectivity index is 1.32. The molecule has 3 aromatic rings. The molecule has 0 fully saturated rings. The highest BCUT2D eigenvalue weighted by Crippen LogP contribution is 2.41. The van der Waals surface area contributed by atoms with E-state index in [1.807, 2.05) is 43.3 Å². The lowest BCUT2D eigenvalue weighted by Crippen LogP contribution is -2.35. The van der Waals surface area contributed by atoms with Gasteiger partial charge in [0.05, 0.1) is 17.4 Å². The average molecular weight is 657 g/mol. The van der Waals surface area contributed by atoms with Gasteiger partial charge in [0.25, 0.3) is 11.8 Å². The van der Waals surface area contributed by atoms with Crippen molar-refractivity contribution in [3.63, 3.8) is 0 Å². The third kappa shape index (κ3) is 11.8. The Morgan fingerprint density at radius 1 is 0.913 bits per heavy atom. The Labute approximate surface area is 266 Å². The number of benzene rings is 3. The van der Waals surface area contributed by atoms with Gasteiger partial charge in [-0.2, -0.15) is 10.2 Å². The number of nitrogens with one attached hydrogen (secondary N) is 2. The van der Waals surface area contributed by atoms with Gasteiger partial charge in [-0.25, -0.2) is 8.96 Å². The quantitative estimate of drug-likeness (QED) is 0.0780. The number of hydrogen-bond acceptors (Lipinski definition) is 9. The smallest absolute Gasteiger partial charge is 0.404 e. The normalized spacial score (nSPS) is 12.7. The lowest BCUT2D eigenvalue weighted by molar-refractivity contribution is -0.126. The molecule has 0 heterocycles. The number of ketones is 1. The van der Waals surface area contributed by atoms with Crippen LogP contribution in [0, 0.1) is 0 Å². The monoisotopic (exact) mass is 656 g/mol. The molecule has 6 N–H and O–H groups in total. The maximum atomic E-state index is 14.7. The molecule has 0 aromatic heterocycles.